The van der Waals surface area contributed by atoms with Crippen molar-refractivity contribution in [1.82, 2.24) is 20.3 Å². The van der Waals surface area contributed by atoms with Gasteiger partial charge in [-0.15, -0.1) is 0 Å². The van der Waals surface area contributed by atoms with Gasteiger partial charge in [0.25, 0.3) is 5.91 Å². The molecule has 33 heavy (non-hydrogen) atoms. The van der Waals surface area contributed by atoms with Crippen LogP contribution in [0.5, 0.6) is 0 Å². The summed E-state index contributed by atoms with van der Waals surface area (Å²) < 4.78 is 0. The normalized spacial score (nSPS) is 18.3. The molecule has 8 nitrogen and oxygen atoms in total. The molecule has 8 heteroatoms. The first-order chi connectivity index (χ1) is 15.8. The first-order valence-corrected chi connectivity index (χ1v) is 11.4. The highest BCUT2D eigenvalue weighted by molar-refractivity contribution is 6.06. The van der Waals surface area contributed by atoms with Crippen LogP contribution in [0.4, 0.5) is 5.69 Å². The van der Waals surface area contributed by atoms with Gasteiger partial charge in [0.15, 0.2) is 0 Å². The third-order valence-electron chi connectivity index (χ3n) is 6.22. The van der Waals surface area contributed by atoms with E-state index in [-0.39, 0.29) is 24.0 Å². The van der Waals surface area contributed by atoms with Crippen molar-refractivity contribution in [2.24, 2.45) is 5.73 Å². The third kappa shape index (κ3) is 4.79. The van der Waals surface area contributed by atoms with E-state index in [0.29, 0.717) is 16.6 Å². The van der Waals surface area contributed by atoms with Crippen LogP contribution in [-0.2, 0) is 4.79 Å². The Kier molecular flexibility index (Phi) is 6.53. The van der Waals surface area contributed by atoms with Crippen LogP contribution in [0.15, 0.2) is 42.9 Å². The van der Waals surface area contributed by atoms with Crippen molar-refractivity contribution < 1.29 is 9.59 Å². The number of anilines is 1. The van der Waals surface area contributed by atoms with Crippen LogP contribution in [-0.4, -0.2) is 44.9 Å². The van der Waals surface area contributed by atoms with Crippen LogP contribution in [0.1, 0.15) is 56.8 Å². The van der Waals surface area contributed by atoms with Gasteiger partial charge < -0.3 is 16.0 Å². The lowest BCUT2D eigenvalue weighted by molar-refractivity contribution is -0.119. The van der Waals surface area contributed by atoms with Gasteiger partial charge in [-0.25, -0.2) is 4.98 Å². The molecule has 0 saturated heterocycles. The summed E-state index contributed by atoms with van der Waals surface area (Å²) in [5.41, 5.74) is 9.93. The zero-order chi connectivity index (χ0) is 23.5. The Balaban J connectivity index is 1.81. The molecule has 1 fully saturated rings. The first kappa shape index (κ1) is 22.6. The SMILES string of the molecule is CC(=O)NC1CCC(N(c2c(C(N)=O)cnc3ccc(-c4cccnc4)nc23)C(C)C)CC1. The topological polar surface area (TPSA) is 114 Å². The smallest absolute Gasteiger partial charge is 0.252 e. The van der Waals surface area contributed by atoms with E-state index in [1.165, 1.54) is 0 Å². The van der Waals surface area contributed by atoms with Crippen molar-refractivity contribution in [2.75, 3.05) is 4.90 Å². The molecule has 3 heterocycles. The van der Waals surface area contributed by atoms with Gasteiger partial charge in [-0.05, 0) is 63.8 Å². The molecule has 0 bridgehead atoms. The average molecular weight is 447 g/mol. The first-order valence-electron chi connectivity index (χ1n) is 11.4. The number of pyridine rings is 3. The highest BCUT2D eigenvalue weighted by Crippen LogP contribution is 2.36. The lowest BCUT2D eigenvalue weighted by Gasteiger charge is -2.41. The molecular formula is C25H30N6O2. The fraction of sp³-hybridized carbons (Fsp3) is 0.400. The van der Waals surface area contributed by atoms with Crippen LogP contribution >= 0.6 is 0 Å². The van der Waals surface area contributed by atoms with Gasteiger partial charge in [0.1, 0.15) is 5.52 Å². The number of carbonyl (C=O) groups excluding carboxylic acids is 2. The zero-order valence-corrected chi connectivity index (χ0v) is 19.3. The maximum Gasteiger partial charge on any atom is 0.252 e. The molecule has 0 radical (unpaired) electrons. The van der Waals surface area contributed by atoms with Crippen molar-refractivity contribution in [2.45, 2.75) is 64.6 Å². The number of nitrogens with two attached hydrogens (primary N) is 1. The fourth-order valence-electron chi connectivity index (χ4n) is 4.82. The summed E-state index contributed by atoms with van der Waals surface area (Å²) in [7, 11) is 0. The van der Waals surface area contributed by atoms with Gasteiger partial charge in [0, 0.05) is 49.2 Å². The molecule has 3 aromatic rings. The molecule has 4 rings (SSSR count). The maximum atomic E-state index is 12.5. The minimum Gasteiger partial charge on any atom is -0.365 e. The molecule has 3 aromatic heterocycles. The molecule has 1 saturated carbocycles. The summed E-state index contributed by atoms with van der Waals surface area (Å²) in [5, 5.41) is 3.04. The van der Waals surface area contributed by atoms with Crippen LogP contribution in [0.25, 0.3) is 22.3 Å². The number of amides is 2. The van der Waals surface area contributed by atoms with Crippen LogP contribution < -0.4 is 16.0 Å². The van der Waals surface area contributed by atoms with Crippen LogP contribution in [0, 0.1) is 0 Å². The molecule has 3 N–H and O–H groups in total. The van der Waals surface area contributed by atoms with Crippen molar-refractivity contribution >= 4 is 28.5 Å². The van der Waals surface area contributed by atoms with Gasteiger partial charge in [0.2, 0.25) is 5.91 Å². The standard InChI is InChI=1S/C25H30N6O2/c1-15(2)31(19-8-6-18(7-9-19)29-16(3)32)24-20(25(26)33)14-28-22-11-10-21(30-23(22)24)17-5-4-12-27-13-17/h4-5,10-15,18-19H,6-9H2,1-3H3,(H2,26,33)(H,29,32). The Labute approximate surface area is 193 Å². The molecular weight excluding hydrogens is 416 g/mol. The monoisotopic (exact) mass is 446 g/mol. The lowest BCUT2D eigenvalue weighted by atomic mass is 9.88. The van der Waals surface area contributed by atoms with E-state index in [9.17, 15) is 9.59 Å². The zero-order valence-electron chi connectivity index (χ0n) is 19.3. The predicted octanol–water partition coefficient (Wildman–Crippen LogP) is 3.45. The highest BCUT2D eigenvalue weighted by atomic mass is 16.1. The Morgan fingerprint density at radius 2 is 1.88 bits per heavy atom. The summed E-state index contributed by atoms with van der Waals surface area (Å²) in [6.07, 6.45) is 8.61. The molecule has 1 aliphatic carbocycles. The average Bonchev–Trinajstić information content (AvgIpc) is 2.80. The van der Waals surface area contributed by atoms with E-state index in [0.717, 1.165) is 42.6 Å². The van der Waals surface area contributed by atoms with Crippen molar-refractivity contribution in [1.29, 1.82) is 0 Å². The maximum absolute atomic E-state index is 12.5. The molecule has 0 aliphatic heterocycles. The number of nitrogens with zero attached hydrogens (tertiary/aromatic N) is 4. The Morgan fingerprint density at radius 1 is 1.12 bits per heavy atom. The third-order valence-corrected chi connectivity index (χ3v) is 6.22. The summed E-state index contributed by atoms with van der Waals surface area (Å²) in [5.74, 6) is -0.520. The second-order valence-corrected chi connectivity index (χ2v) is 8.90. The van der Waals surface area contributed by atoms with Crippen molar-refractivity contribution in [3.8, 4) is 11.3 Å². The Bertz CT molecular complexity index is 1160. The second kappa shape index (κ2) is 9.52. The van der Waals surface area contributed by atoms with Crippen LogP contribution in [0.2, 0.25) is 0 Å². The van der Waals surface area contributed by atoms with E-state index < -0.39 is 5.91 Å². The number of primary amides is 1. The number of rotatable bonds is 6. The minimum atomic E-state index is -0.523. The molecule has 0 unspecified atom stereocenters. The number of carbonyl (C=O) groups is 2. The summed E-state index contributed by atoms with van der Waals surface area (Å²) in [6, 6.07) is 8.16. The Hall–Kier alpha value is -3.55. The molecule has 0 spiro atoms. The van der Waals surface area contributed by atoms with Crippen molar-refractivity contribution in [3.05, 3.63) is 48.4 Å². The molecule has 1 aliphatic rings. The largest absolute Gasteiger partial charge is 0.365 e. The van der Waals surface area contributed by atoms with Crippen LogP contribution in [0.3, 0.4) is 0 Å². The molecule has 0 atom stereocenters. The number of nitrogens with one attached hydrogen (secondary N) is 1. The molecule has 172 valence electrons. The molecule has 2 amide bonds. The second-order valence-electron chi connectivity index (χ2n) is 8.90. The van der Waals surface area contributed by atoms with Gasteiger partial charge in [-0.1, -0.05) is 0 Å². The number of fused-ring (bicyclic) bond motifs is 1. The number of hydrogen-bond acceptors (Lipinski definition) is 6. The number of aromatic nitrogens is 3. The van der Waals surface area contributed by atoms with E-state index >= 15 is 0 Å². The minimum absolute atomic E-state index is 0.00226. The van der Waals surface area contributed by atoms with Crippen molar-refractivity contribution in [3.63, 3.8) is 0 Å². The quantitative estimate of drug-likeness (QED) is 0.599. The van der Waals surface area contributed by atoms with Gasteiger partial charge in [-0.3, -0.25) is 19.6 Å². The van der Waals surface area contributed by atoms with E-state index in [4.69, 9.17) is 10.7 Å². The highest BCUT2D eigenvalue weighted by Gasteiger charge is 2.32. The fourth-order valence-corrected chi connectivity index (χ4v) is 4.82. The van der Waals surface area contributed by atoms with Gasteiger partial charge >= 0.3 is 0 Å². The lowest BCUT2D eigenvalue weighted by Crippen LogP contribution is -2.47. The van der Waals surface area contributed by atoms with E-state index in [1.807, 2.05) is 24.3 Å². The van der Waals surface area contributed by atoms with E-state index in [2.05, 4.69) is 34.0 Å². The van der Waals surface area contributed by atoms with Gasteiger partial charge in [-0.2, -0.15) is 0 Å². The number of hydrogen-bond donors (Lipinski definition) is 2. The van der Waals surface area contributed by atoms with E-state index in [1.54, 1.807) is 25.5 Å². The summed E-state index contributed by atoms with van der Waals surface area (Å²) >= 11 is 0. The summed E-state index contributed by atoms with van der Waals surface area (Å²) in [4.78, 5) is 39.8. The summed E-state index contributed by atoms with van der Waals surface area (Å²) in [6.45, 7) is 5.78. The molecule has 0 aromatic carbocycles. The predicted molar refractivity (Wildman–Crippen MR) is 129 cm³/mol. The Morgan fingerprint density at radius 3 is 2.48 bits per heavy atom. The van der Waals surface area contributed by atoms with Gasteiger partial charge in [0.05, 0.1) is 22.5 Å².